The first-order valence-corrected chi connectivity index (χ1v) is 11.2. The topological polar surface area (TPSA) is 147 Å². The summed E-state index contributed by atoms with van der Waals surface area (Å²) >= 11 is 0. The van der Waals surface area contributed by atoms with Gasteiger partial charge in [-0.15, -0.1) is 0 Å². The molecule has 5 N–H and O–H groups in total. The van der Waals surface area contributed by atoms with E-state index in [1.165, 1.54) is 0 Å². The maximum atomic E-state index is 10.3. The predicted octanol–water partition coefficient (Wildman–Crippen LogP) is 1.17. The highest BCUT2D eigenvalue weighted by Gasteiger charge is 2.45. The molecule has 1 aliphatic rings. The van der Waals surface area contributed by atoms with Crippen LogP contribution in [0.1, 0.15) is 23.7 Å². The van der Waals surface area contributed by atoms with Crippen molar-refractivity contribution >= 4 is 10.9 Å². The van der Waals surface area contributed by atoms with Crippen LogP contribution in [0.4, 0.5) is 0 Å². The second kappa shape index (κ2) is 10.7. The Labute approximate surface area is 196 Å². The molecule has 0 aliphatic carbocycles. The number of aliphatic hydroxyl groups excluding tert-OH is 4. The number of aliphatic hydroxyl groups is 4. The quantitative estimate of drug-likeness (QED) is 0.228. The van der Waals surface area contributed by atoms with Crippen molar-refractivity contribution in [3.05, 3.63) is 53.2 Å². The normalized spacial score (nSPS) is 24.9. The van der Waals surface area contributed by atoms with Gasteiger partial charge in [0.2, 0.25) is 0 Å². The number of fused-ring (bicyclic) bond motifs is 1. The van der Waals surface area contributed by atoms with Crippen LogP contribution in [-0.4, -0.2) is 74.5 Å². The number of ether oxygens (including phenoxy) is 2. The van der Waals surface area contributed by atoms with E-state index in [1.54, 1.807) is 6.07 Å². The van der Waals surface area contributed by atoms with Gasteiger partial charge in [-0.05, 0) is 62.1 Å². The Bertz CT molecular complexity index is 1090. The number of aryl methyl sites for hydroxylation is 3. The first-order chi connectivity index (χ1) is 16.4. The molecule has 184 valence electrons. The van der Waals surface area contributed by atoms with E-state index in [1.807, 2.05) is 44.2 Å². The van der Waals surface area contributed by atoms with Gasteiger partial charge in [-0.2, -0.15) is 9.99 Å². The Hall–Kier alpha value is -2.73. The van der Waals surface area contributed by atoms with E-state index in [0.717, 1.165) is 34.5 Å². The zero-order valence-electron chi connectivity index (χ0n) is 19.0. The van der Waals surface area contributed by atoms with Crippen LogP contribution in [0.25, 0.3) is 10.9 Å². The molecule has 34 heavy (non-hydrogen) atoms. The van der Waals surface area contributed by atoms with Gasteiger partial charge in [0.05, 0.1) is 29.8 Å². The number of nitrogens with zero attached hydrogens (tertiary/aromatic N) is 1. The van der Waals surface area contributed by atoms with Gasteiger partial charge in [0.25, 0.3) is 0 Å². The Morgan fingerprint density at radius 1 is 1.06 bits per heavy atom. The van der Waals surface area contributed by atoms with Gasteiger partial charge < -0.3 is 34.8 Å². The zero-order chi connectivity index (χ0) is 24.2. The lowest BCUT2D eigenvalue weighted by molar-refractivity contribution is -0.364. The van der Waals surface area contributed by atoms with Crippen LogP contribution < -0.4 is 9.62 Å². The van der Waals surface area contributed by atoms with Crippen molar-refractivity contribution in [1.82, 2.24) is 10.2 Å². The third kappa shape index (κ3) is 5.17. The molecule has 2 heterocycles. The third-order valence-electron chi connectivity index (χ3n) is 5.82. The maximum Gasteiger partial charge on any atom is 0.188 e. The maximum absolute atomic E-state index is 10.3. The molecule has 1 aliphatic heterocycles. The van der Waals surface area contributed by atoms with Crippen molar-refractivity contribution in [1.29, 1.82) is 0 Å². The number of aromatic amines is 1. The molecule has 10 heteroatoms. The first-order valence-electron chi connectivity index (χ1n) is 11.2. The Balaban J connectivity index is 1.50. The summed E-state index contributed by atoms with van der Waals surface area (Å²) in [5, 5.41) is 47.9. The molecule has 0 amide bonds. The number of benzene rings is 2. The van der Waals surface area contributed by atoms with E-state index >= 15 is 0 Å². The van der Waals surface area contributed by atoms with Gasteiger partial charge in [-0.25, -0.2) is 0 Å². The van der Waals surface area contributed by atoms with Crippen molar-refractivity contribution in [2.45, 2.75) is 57.4 Å². The monoisotopic (exact) mass is 474 g/mol. The smallest absolute Gasteiger partial charge is 0.188 e. The van der Waals surface area contributed by atoms with Crippen LogP contribution in [0, 0.1) is 6.92 Å². The lowest BCUT2D eigenvalue weighted by Crippen LogP contribution is -2.59. The minimum atomic E-state index is -1.60. The van der Waals surface area contributed by atoms with Crippen LogP contribution >= 0.6 is 0 Å². The van der Waals surface area contributed by atoms with Crippen molar-refractivity contribution in [2.24, 2.45) is 0 Å². The van der Waals surface area contributed by atoms with Crippen molar-refractivity contribution in [3.8, 4) is 11.5 Å². The summed E-state index contributed by atoms with van der Waals surface area (Å²) in [5.41, 5.74) is 3.53. The Morgan fingerprint density at radius 3 is 2.53 bits per heavy atom. The summed E-state index contributed by atoms with van der Waals surface area (Å²) in [7, 11) is 0. The first kappa shape index (κ1) is 24.4. The van der Waals surface area contributed by atoms with Crippen LogP contribution in [0.2, 0.25) is 0 Å². The summed E-state index contributed by atoms with van der Waals surface area (Å²) in [6.07, 6.45) is -5.71. The van der Waals surface area contributed by atoms with Gasteiger partial charge in [-0.3, -0.25) is 5.10 Å². The average Bonchev–Trinajstić information content (AvgIpc) is 3.23. The SMILES string of the molecule is CCOc1ccc(CCc2n[nH]c3cc(C)cc(OO[C@@H]4[C@@H](O)[C@H](O)[C@@H](CO)O[C@H]4O)c23)cc1. The molecule has 0 bridgehead atoms. The van der Waals surface area contributed by atoms with Crippen LogP contribution in [-0.2, 0) is 22.5 Å². The minimum Gasteiger partial charge on any atom is -0.494 e. The molecule has 2 aromatic carbocycles. The van der Waals surface area contributed by atoms with Gasteiger partial charge in [0, 0.05) is 0 Å². The van der Waals surface area contributed by atoms with Gasteiger partial charge in [0.15, 0.2) is 18.1 Å². The van der Waals surface area contributed by atoms with Gasteiger partial charge >= 0.3 is 0 Å². The number of aromatic nitrogens is 2. The van der Waals surface area contributed by atoms with Gasteiger partial charge in [-0.1, -0.05) is 12.1 Å². The highest BCUT2D eigenvalue weighted by molar-refractivity contribution is 5.88. The molecule has 0 saturated carbocycles. The summed E-state index contributed by atoms with van der Waals surface area (Å²) in [6.45, 7) is 3.88. The van der Waals surface area contributed by atoms with Crippen molar-refractivity contribution in [2.75, 3.05) is 13.2 Å². The summed E-state index contributed by atoms with van der Waals surface area (Å²) < 4.78 is 10.6. The number of rotatable bonds is 9. The van der Waals surface area contributed by atoms with E-state index in [9.17, 15) is 20.4 Å². The molecule has 0 radical (unpaired) electrons. The molecular formula is C24H30N2O8. The average molecular weight is 475 g/mol. The number of nitrogens with one attached hydrogen (secondary N) is 1. The fraction of sp³-hybridized carbons (Fsp3) is 0.458. The van der Waals surface area contributed by atoms with E-state index < -0.39 is 37.3 Å². The zero-order valence-corrected chi connectivity index (χ0v) is 19.0. The molecule has 3 aromatic rings. The molecule has 1 saturated heterocycles. The summed E-state index contributed by atoms with van der Waals surface area (Å²) in [5.74, 6) is 1.18. The third-order valence-corrected chi connectivity index (χ3v) is 5.82. The molecular weight excluding hydrogens is 444 g/mol. The lowest BCUT2D eigenvalue weighted by Gasteiger charge is -2.38. The lowest BCUT2D eigenvalue weighted by atomic mass is 9.99. The predicted molar refractivity (Wildman–Crippen MR) is 121 cm³/mol. The summed E-state index contributed by atoms with van der Waals surface area (Å²) in [4.78, 5) is 10.9. The number of hydrogen-bond donors (Lipinski definition) is 5. The van der Waals surface area contributed by atoms with Crippen molar-refractivity contribution < 1.29 is 39.7 Å². The van der Waals surface area contributed by atoms with E-state index in [2.05, 4.69) is 10.2 Å². The van der Waals surface area contributed by atoms with Crippen molar-refractivity contribution in [3.63, 3.8) is 0 Å². The molecule has 4 rings (SSSR count). The molecule has 5 atom stereocenters. The van der Waals surface area contributed by atoms with E-state index in [0.29, 0.717) is 24.2 Å². The number of H-pyrrole nitrogens is 1. The number of hydrogen-bond acceptors (Lipinski definition) is 9. The Kier molecular flexibility index (Phi) is 7.67. The molecule has 10 nitrogen and oxygen atoms in total. The fourth-order valence-corrected chi connectivity index (χ4v) is 4.03. The standard InChI is InChI=1S/C24H30N2O8/c1-3-31-15-7-4-14(5-8-15)6-9-16-20-17(26-25-16)10-13(2)11-18(20)33-34-23-22(29)21(28)19(12-27)32-24(23)30/h4-5,7-8,10-11,19,21-24,27-30H,3,6,9,12H2,1-2H3,(H,25,26)/t19-,21-,22+,23-,24-/m1/s1. The second-order valence-corrected chi connectivity index (χ2v) is 8.31. The van der Waals surface area contributed by atoms with Crippen LogP contribution in [0.5, 0.6) is 11.5 Å². The largest absolute Gasteiger partial charge is 0.494 e. The van der Waals surface area contributed by atoms with E-state index in [-0.39, 0.29) is 0 Å². The molecule has 1 fully saturated rings. The fourth-order valence-electron chi connectivity index (χ4n) is 4.03. The van der Waals surface area contributed by atoms with Crippen LogP contribution in [0.15, 0.2) is 36.4 Å². The molecule has 0 unspecified atom stereocenters. The second-order valence-electron chi connectivity index (χ2n) is 8.31. The highest BCUT2D eigenvalue weighted by Crippen LogP contribution is 2.32. The van der Waals surface area contributed by atoms with E-state index in [4.69, 9.17) is 19.2 Å². The van der Waals surface area contributed by atoms with Crippen LogP contribution in [0.3, 0.4) is 0 Å². The Morgan fingerprint density at radius 2 is 1.82 bits per heavy atom. The highest BCUT2D eigenvalue weighted by atomic mass is 17.2. The van der Waals surface area contributed by atoms with Gasteiger partial charge in [0.1, 0.15) is 24.1 Å². The molecule has 0 spiro atoms. The molecule has 1 aromatic heterocycles. The minimum absolute atomic E-state index is 0.351. The summed E-state index contributed by atoms with van der Waals surface area (Å²) in [6, 6.07) is 11.6.